The lowest BCUT2D eigenvalue weighted by molar-refractivity contribution is 0.0697. The van der Waals surface area contributed by atoms with Crippen LogP contribution in [-0.4, -0.2) is 42.6 Å². The van der Waals surface area contributed by atoms with Gasteiger partial charge in [0.2, 0.25) is 0 Å². The van der Waals surface area contributed by atoms with Gasteiger partial charge in [-0.1, -0.05) is 0 Å². The molecule has 0 radical (unpaired) electrons. The van der Waals surface area contributed by atoms with Crippen LogP contribution in [0, 0.1) is 0 Å². The van der Waals surface area contributed by atoms with Gasteiger partial charge in [-0.05, 0) is 6.07 Å². The van der Waals surface area contributed by atoms with E-state index in [1.165, 1.54) is 12.3 Å². The minimum absolute atomic E-state index is 0.0963. The number of carboxylic acids is 1. The van der Waals surface area contributed by atoms with Crippen molar-refractivity contribution in [2.75, 3.05) is 11.9 Å². The van der Waals surface area contributed by atoms with Crippen molar-refractivity contribution in [2.24, 2.45) is 7.05 Å². The Labute approximate surface area is 103 Å². The number of anilines is 1. The van der Waals surface area contributed by atoms with Gasteiger partial charge in [-0.25, -0.2) is 9.78 Å². The molecule has 0 unspecified atom stereocenters. The van der Waals surface area contributed by atoms with Crippen LogP contribution in [0.15, 0.2) is 18.6 Å². The summed E-state index contributed by atoms with van der Waals surface area (Å²) in [5.74, 6) is -0.102. The standard InChI is InChI=1S/C10H12N6O2/c1-16-6-12-8(15-16)3-4-11-9-7(10(17)18)2-5-13-14-9/h2,5-6H,3-4H2,1H3,(H,11,14)(H,17,18). The van der Waals surface area contributed by atoms with Gasteiger partial charge in [0, 0.05) is 20.0 Å². The van der Waals surface area contributed by atoms with Gasteiger partial charge in [0.05, 0.1) is 6.20 Å². The van der Waals surface area contributed by atoms with Crippen LogP contribution in [0.2, 0.25) is 0 Å². The maximum absolute atomic E-state index is 10.9. The van der Waals surface area contributed by atoms with Gasteiger partial charge in [0.15, 0.2) is 11.6 Å². The molecule has 0 saturated carbocycles. The molecular weight excluding hydrogens is 236 g/mol. The molecule has 2 rings (SSSR count). The third-order valence-electron chi connectivity index (χ3n) is 2.24. The van der Waals surface area contributed by atoms with Crippen molar-refractivity contribution in [2.45, 2.75) is 6.42 Å². The number of rotatable bonds is 5. The second-order valence-electron chi connectivity index (χ2n) is 3.61. The van der Waals surface area contributed by atoms with Crippen molar-refractivity contribution in [3.63, 3.8) is 0 Å². The Morgan fingerprint density at radius 3 is 3.06 bits per heavy atom. The van der Waals surface area contributed by atoms with E-state index in [-0.39, 0.29) is 11.4 Å². The normalized spacial score (nSPS) is 10.3. The molecule has 2 heterocycles. The Bertz CT molecular complexity index is 553. The van der Waals surface area contributed by atoms with Crippen LogP contribution < -0.4 is 5.32 Å². The third kappa shape index (κ3) is 2.78. The summed E-state index contributed by atoms with van der Waals surface area (Å²) in [7, 11) is 1.79. The maximum Gasteiger partial charge on any atom is 0.339 e. The Kier molecular flexibility index (Phi) is 3.46. The molecule has 2 N–H and O–H groups in total. The lowest BCUT2D eigenvalue weighted by Gasteiger charge is -2.05. The molecule has 0 amide bonds. The quantitative estimate of drug-likeness (QED) is 0.764. The third-order valence-corrected chi connectivity index (χ3v) is 2.24. The largest absolute Gasteiger partial charge is 0.478 e. The van der Waals surface area contributed by atoms with Gasteiger partial charge in [0.1, 0.15) is 11.9 Å². The van der Waals surface area contributed by atoms with Crippen molar-refractivity contribution in [3.05, 3.63) is 30.0 Å². The fraction of sp³-hybridized carbons (Fsp3) is 0.300. The van der Waals surface area contributed by atoms with E-state index in [4.69, 9.17) is 5.11 Å². The molecule has 0 fully saturated rings. The zero-order valence-corrected chi connectivity index (χ0v) is 9.74. The summed E-state index contributed by atoms with van der Waals surface area (Å²) in [6.45, 7) is 0.489. The first kappa shape index (κ1) is 12.0. The topological polar surface area (TPSA) is 106 Å². The molecular formula is C10H12N6O2. The number of hydrogen-bond donors (Lipinski definition) is 2. The molecule has 0 aliphatic heterocycles. The molecule has 2 aromatic heterocycles. The number of nitrogens with one attached hydrogen (secondary N) is 1. The van der Waals surface area contributed by atoms with E-state index in [2.05, 4.69) is 25.6 Å². The first-order valence-corrected chi connectivity index (χ1v) is 5.30. The van der Waals surface area contributed by atoms with Crippen molar-refractivity contribution in [1.82, 2.24) is 25.0 Å². The maximum atomic E-state index is 10.9. The molecule has 0 atom stereocenters. The highest BCUT2D eigenvalue weighted by atomic mass is 16.4. The molecule has 8 nitrogen and oxygen atoms in total. The van der Waals surface area contributed by atoms with E-state index in [1.807, 2.05) is 0 Å². The van der Waals surface area contributed by atoms with Gasteiger partial charge < -0.3 is 10.4 Å². The number of aryl methyl sites for hydroxylation is 1. The molecule has 0 spiro atoms. The minimum Gasteiger partial charge on any atom is -0.478 e. The zero-order valence-electron chi connectivity index (χ0n) is 9.74. The van der Waals surface area contributed by atoms with Gasteiger partial charge in [-0.15, -0.1) is 5.10 Å². The molecule has 2 aromatic rings. The Hall–Kier alpha value is -2.51. The fourth-order valence-corrected chi connectivity index (χ4v) is 1.43. The Balaban J connectivity index is 1.96. The summed E-state index contributed by atoms with van der Waals surface area (Å²) in [5.41, 5.74) is 0.0963. The first-order chi connectivity index (χ1) is 8.66. The van der Waals surface area contributed by atoms with E-state index in [1.54, 1.807) is 18.1 Å². The average Bonchev–Trinajstić information content (AvgIpc) is 2.75. The average molecular weight is 248 g/mol. The second kappa shape index (κ2) is 5.21. The van der Waals surface area contributed by atoms with Gasteiger partial charge in [-0.3, -0.25) is 4.68 Å². The van der Waals surface area contributed by atoms with E-state index >= 15 is 0 Å². The van der Waals surface area contributed by atoms with Crippen LogP contribution in [-0.2, 0) is 13.5 Å². The first-order valence-electron chi connectivity index (χ1n) is 5.30. The molecule has 94 valence electrons. The van der Waals surface area contributed by atoms with Crippen molar-refractivity contribution < 1.29 is 9.90 Å². The predicted octanol–water partition coefficient (Wildman–Crippen LogP) is -0.0421. The summed E-state index contributed by atoms with van der Waals surface area (Å²) in [6, 6.07) is 1.40. The lowest BCUT2D eigenvalue weighted by atomic mass is 10.3. The van der Waals surface area contributed by atoms with E-state index in [0.717, 1.165) is 0 Å². The highest BCUT2D eigenvalue weighted by molar-refractivity contribution is 5.92. The summed E-state index contributed by atoms with van der Waals surface area (Å²) >= 11 is 0. The molecule has 0 aliphatic carbocycles. The molecule has 8 heteroatoms. The van der Waals surface area contributed by atoms with Crippen LogP contribution >= 0.6 is 0 Å². The molecule has 0 saturated heterocycles. The monoisotopic (exact) mass is 248 g/mol. The highest BCUT2D eigenvalue weighted by Gasteiger charge is 2.10. The van der Waals surface area contributed by atoms with Crippen LogP contribution in [0.3, 0.4) is 0 Å². The Morgan fingerprint density at radius 1 is 1.56 bits per heavy atom. The summed E-state index contributed by atoms with van der Waals surface area (Å²) < 4.78 is 1.61. The lowest BCUT2D eigenvalue weighted by Crippen LogP contribution is -2.12. The van der Waals surface area contributed by atoms with E-state index in [9.17, 15) is 4.79 Å². The second-order valence-corrected chi connectivity index (χ2v) is 3.61. The number of carbonyl (C=O) groups is 1. The van der Waals surface area contributed by atoms with Gasteiger partial charge in [-0.2, -0.15) is 10.2 Å². The SMILES string of the molecule is Cn1cnc(CCNc2nnccc2C(=O)O)n1. The zero-order chi connectivity index (χ0) is 13.0. The smallest absolute Gasteiger partial charge is 0.339 e. The van der Waals surface area contributed by atoms with Crippen LogP contribution in [0.4, 0.5) is 5.82 Å². The van der Waals surface area contributed by atoms with Crippen molar-refractivity contribution >= 4 is 11.8 Å². The number of aromatic nitrogens is 5. The van der Waals surface area contributed by atoms with Crippen molar-refractivity contribution in [1.29, 1.82) is 0 Å². The molecule has 0 bridgehead atoms. The van der Waals surface area contributed by atoms with Gasteiger partial charge >= 0.3 is 5.97 Å². The molecule has 0 aromatic carbocycles. The van der Waals surface area contributed by atoms with Crippen molar-refractivity contribution in [3.8, 4) is 0 Å². The van der Waals surface area contributed by atoms with E-state index < -0.39 is 5.97 Å². The number of nitrogens with zero attached hydrogens (tertiary/aromatic N) is 5. The summed E-state index contributed by atoms with van der Waals surface area (Å²) in [4.78, 5) is 15.0. The number of aromatic carboxylic acids is 1. The summed E-state index contributed by atoms with van der Waals surface area (Å²) in [5, 5.41) is 23.4. The predicted molar refractivity (Wildman–Crippen MR) is 62.2 cm³/mol. The highest BCUT2D eigenvalue weighted by Crippen LogP contribution is 2.09. The molecule has 18 heavy (non-hydrogen) atoms. The van der Waals surface area contributed by atoms with Crippen LogP contribution in [0.25, 0.3) is 0 Å². The Morgan fingerprint density at radius 2 is 2.39 bits per heavy atom. The van der Waals surface area contributed by atoms with Gasteiger partial charge in [0.25, 0.3) is 0 Å². The number of carboxylic acid groups (broad SMARTS) is 1. The van der Waals surface area contributed by atoms with Crippen LogP contribution in [0.5, 0.6) is 0 Å². The minimum atomic E-state index is -1.04. The fourth-order valence-electron chi connectivity index (χ4n) is 1.43. The molecule has 0 aliphatic rings. The van der Waals surface area contributed by atoms with Crippen LogP contribution in [0.1, 0.15) is 16.2 Å². The number of hydrogen-bond acceptors (Lipinski definition) is 6. The summed E-state index contributed by atoms with van der Waals surface area (Å²) in [6.07, 6.45) is 3.53. The van der Waals surface area contributed by atoms with E-state index in [0.29, 0.717) is 18.8 Å².